The molecule has 6 nitrogen and oxygen atoms in total. The first-order chi connectivity index (χ1) is 10.5. The van der Waals surface area contributed by atoms with Crippen LogP contribution in [-0.4, -0.2) is 35.5 Å². The summed E-state index contributed by atoms with van der Waals surface area (Å²) in [6, 6.07) is 7.20. The molecular formula is C14H19ClN4O2S. The van der Waals surface area contributed by atoms with E-state index in [0.29, 0.717) is 30.8 Å². The van der Waals surface area contributed by atoms with Gasteiger partial charge in [0.25, 0.3) is 0 Å². The maximum Gasteiger partial charge on any atom is 0.211 e. The largest absolute Gasteiger partial charge is 0.253 e. The fourth-order valence-corrected chi connectivity index (χ4v) is 3.23. The first-order valence-corrected chi connectivity index (χ1v) is 9.04. The van der Waals surface area contributed by atoms with Crippen molar-refractivity contribution in [2.75, 3.05) is 12.3 Å². The van der Waals surface area contributed by atoms with Gasteiger partial charge in [-0.2, -0.15) is 5.10 Å². The van der Waals surface area contributed by atoms with Gasteiger partial charge < -0.3 is 0 Å². The van der Waals surface area contributed by atoms with Crippen molar-refractivity contribution in [1.82, 2.24) is 19.5 Å². The van der Waals surface area contributed by atoms with Gasteiger partial charge in [-0.25, -0.2) is 18.1 Å². The van der Waals surface area contributed by atoms with E-state index < -0.39 is 10.0 Å². The number of benzene rings is 1. The van der Waals surface area contributed by atoms with Gasteiger partial charge >= 0.3 is 0 Å². The van der Waals surface area contributed by atoms with E-state index in [1.54, 1.807) is 16.8 Å². The van der Waals surface area contributed by atoms with Crippen molar-refractivity contribution in [3.63, 3.8) is 0 Å². The molecule has 1 aromatic carbocycles. The molecule has 8 heteroatoms. The highest BCUT2D eigenvalue weighted by Gasteiger charge is 2.10. The van der Waals surface area contributed by atoms with E-state index in [4.69, 9.17) is 11.6 Å². The quantitative estimate of drug-likeness (QED) is 0.739. The zero-order valence-corrected chi connectivity index (χ0v) is 13.9. The summed E-state index contributed by atoms with van der Waals surface area (Å²) in [6.07, 6.45) is 3.34. The molecule has 0 atom stereocenters. The van der Waals surface area contributed by atoms with Crippen LogP contribution >= 0.6 is 11.6 Å². The topological polar surface area (TPSA) is 76.9 Å². The van der Waals surface area contributed by atoms with Crippen LogP contribution in [0.25, 0.3) is 0 Å². The molecule has 1 heterocycles. The van der Waals surface area contributed by atoms with E-state index in [1.807, 2.05) is 19.2 Å². The fourth-order valence-electron chi connectivity index (χ4n) is 2.00. The molecular weight excluding hydrogens is 324 g/mol. The van der Waals surface area contributed by atoms with Crippen LogP contribution in [0, 0.1) is 0 Å². The molecule has 0 saturated heterocycles. The van der Waals surface area contributed by atoms with Gasteiger partial charge in [0, 0.05) is 25.0 Å². The minimum absolute atomic E-state index is 0.0680. The minimum Gasteiger partial charge on any atom is -0.253 e. The summed E-state index contributed by atoms with van der Waals surface area (Å²) in [4.78, 5) is 4.10. The highest BCUT2D eigenvalue weighted by molar-refractivity contribution is 7.89. The first-order valence-electron chi connectivity index (χ1n) is 7.01. The predicted molar refractivity (Wildman–Crippen MR) is 86.3 cm³/mol. The Morgan fingerprint density at radius 2 is 1.95 bits per heavy atom. The molecule has 0 unspecified atom stereocenters. The number of halogens is 1. The number of nitrogens with one attached hydrogen (secondary N) is 1. The summed E-state index contributed by atoms with van der Waals surface area (Å²) in [7, 11) is -1.45. The van der Waals surface area contributed by atoms with Gasteiger partial charge in [-0.15, -0.1) is 0 Å². The second-order valence-corrected chi connectivity index (χ2v) is 7.36. The smallest absolute Gasteiger partial charge is 0.211 e. The summed E-state index contributed by atoms with van der Waals surface area (Å²) in [5, 5.41) is 4.62. The van der Waals surface area contributed by atoms with Crippen molar-refractivity contribution < 1.29 is 8.42 Å². The van der Waals surface area contributed by atoms with E-state index in [-0.39, 0.29) is 5.75 Å². The van der Waals surface area contributed by atoms with Crippen LogP contribution in [0.5, 0.6) is 0 Å². The van der Waals surface area contributed by atoms with E-state index in [2.05, 4.69) is 14.8 Å². The van der Waals surface area contributed by atoms with Crippen molar-refractivity contribution >= 4 is 21.6 Å². The molecule has 1 N–H and O–H groups in total. The Morgan fingerprint density at radius 3 is 2.59 bits per heavy atom. The summed E-state index contributed by atoms with van der Waals surface area (Å²) >= 11 is 5.80. The highest BCUT2D eigenvalue weighted by Crippen LogP contribution is 2.10. The molecule has 0 bridgehead atoms. The molecule has 22 heavy (non-hydrogen) atoms. The molecule has 0 saturated carbocycles. The Bertz CT molecular complexity index is 698. The molecule has 2 rings (SSSR count). The normalized spacial score (nSPS) is 11.7. The van der Waals surface area contributed by atoms with Gasteiger partial charge in [-0.3, -0.25) is 4.68 Å². The Hall–Kier alpha value is -1.44. The SMILES string of the molecule is Cn1ncnc1CCCNS(=O)(=O)CCc1ccc(Cl)cc1. The van der Waals surface area contributed by atoms with Crippen LogP contribution in [0.1, 0.15) is 17.8 Å². The molecule has 0 aliphatic heterocycles. The van der Waals surface area contributed by atoms with Crippen molar-refractivity contribution in [2.45, 2.75) is 19.3 Å². The van der Waals surface area contributed by atoms with Gasteiger partial charge in [-0.05, 0) is 30.5 Å². The Balaban J connectivity index is 1.72. The molecule has 0 radical (unpaired) electrons. The number of sulfonamides is 1. The van der Waals surface area contributed by atoms with E-state index in [9.17, 15) is 8.42 Å². The van der Waals surface area contributed by atoms with Crippen molar-refractivity contribution in [1.29, 1.82) is 0 Å². The summed E-state index contributed by atoms with van der Waals surface area (Å²) < 4.78 is 28.2. The zero-order chi connectivity index (χ0) is 16.0. The molecule has 0 aliphatic carbocycles. The highest BCUT2D eigenvalue weighted by atomic mass is 35.5. The summed E-state index contributed by atoms with van der Waals surface area (Å²) in [5.41, 5.74) is 0.953. The van der Waals surface area contributed by atoms with Crippen LogP contribution in [-0.2, 0) is 29.9 Å². The maximum atomic E-state index is 11.9. The first kappa shape index (κ1) is 16.9. The minimum atomic E-state index is -3.27. The van der Waals surface area contributed by atoms with E-state index in [0.717, 1.165) is 11.4 Å². The third kappa shape index (κ3) is 5.40. The standard InChI is InChI=1S/C14H19ClN4O2S/c1-19-14(16-11-17-19)3-2-9-18-22(20,21)10-8-12-4-6-13(15)7-5-12/h4-7,11,18H,2-3,8-10H2,1H3. The molecule has 0 amide bonds. The number of rotatable bonds is 8. The monoisotopic (exact) mass is 342 g/mol. The van der Waals surface area contributed by atoms with Crippen LogP contribution in [0.4, 0.5) is 0 Å². The van der Waals surface area contributed by atoms with Crippen molar-refractivity contribution in [2.24, 2.45) is 7.05 Å². The van der Waals surface area contributed by atoms with E-state index >= 15 is 0 Å². The summed E-state index contributed by atoms with van der Waals surface area (Å²) in [6.45, 7) is 0.399. The lowest BCUT2D eigenvalue weighted by molar-refractivity contribution is 0.576. The number of aromatic nitrogens is 3. The van der Waals surface area contributed by atoms with Gasteiger partial charge in [0.2, 0.25) is 10.0 Å². The van der Waals surface area contributed by atoms with Crippen LogP contribution < -0.4 is 4.72 Å². The lowest BCUT2D eigenvalue weighted by atomic mass is 10.2. The number of hydrogen-bond donors (Lipinski definition) is 1. The number of aryl methyl sites for hydroxylation is 3. The summed E-state index contributed by atoms with van der Waals surface area (Å²) in [5.74, 6) is 0.916. The number of nitrogens with zero attached hydrogens (tertiary/aromatic N) is 3. The third-order valence-electron chi connectivity index (χ3n) is 3.28. The zero-order valence-electron chi connectivity index (χ0n) is 12.4. The molecule has 0 fully saturated rings. The Labute approximate surface area is 135 Å². The second-order valence-electron chi connectivity index (χ2n) is 4.99. The fraction of sp³-hybridized carbons (Fsp3) is 0.429. The molecule has 2 aromatic rings. The lowest BCUT2D eigenvalue weighted by Gasteiger charge is -2.07. The lowest BCUT2D eigenvalue weighted by Crippen LogP contribution is -2.28. The Kier molecular flexibility index (Phi) is 5.93. The molecule has 0 aliphatic rings. The van der Waals surface area contributed by atoms with Crippen LogP contribution in [0.3, 0.4) is 0 Å². The maximum absolute atomic E-state index is 11.9. The predicted octanol–water partition coefficient (Wildman–Crippen LogP) is 1.56. The van der Waals surface area contributed by atoms with Crippen LogP contribution in [0.15, 0.2) is 30.6 Å². The van der Waals surface area contributed by atoms with E-state index in [1.165, 1.54) is 6.33 Å². The average Bonchev–Trinajstić information content (AvgIpc) is 2.89. The van der Waals surface area contributed by atoms with Crippen molar-refractivity contribution in [3.8, 4) is 0 Å². The van der Waals surface area contributed by atoms with Gasteiger partial charge in [0.15, 0.2) is 0 Å². The van der Waals surface area contributed by atoms with Gasteiger partial charge in [-0.1, -0.05) is 23.7 Å². The van der Waals surface area contributed by atoms with Crippen LogP contribution in [0.2, 0.25) is 5.02 Å². The second kappa shape index (κ2) is 7.71. The van der Waals surface area contributed by atoms with Gasteiger partial charge in [0.05, 0.1) is 5.75 Å². The third-order valence-corrected chi connectivity index (χ3v) is 4.91. The Morgan fingerprint density at radius 1 is 1.23 bits per heavy atom. The molecule has 1 aromatic heterocycles. The molecule has 120 valence electrons. The average molecular weight is 343 g/mol. The number of hydrogen-bond acceptors (Lipinski definition) is 4. The molecule has 0 spiro atoms. The van der Waals surface area contributed by atoms with Crippen molar-refractivity contribution in [3.05, 3.63) is 47.0 Å². The van der Waals surface area contributed by atoms with Gasteiger partial charge in [0.1, 0.15) is 12.2 Å².